The zero-order chi connectivity index (χ0) is 13.6. The summed E-state index contributed by atoms with van der Waals surface area (Å²) in [6.45, 7) is 1.91. The molecule has 2 heterocycles. The first-order chi connectivity index (χ1) is 9.04. The molecule has 0 aliphatic carbocycles. The van der Waals surface area contributed by atoms with E-state index in [-0.39, 0.29) is 11.0 Å². The van der Waals surface area contributed by atoms with Gasteiger partial charge in [-0.2, -0.15) is 4.98 Å². The number of hydrogen-bond acceptors (Lipinski definition) is 3. The van der Waals surface area contributed by atoms with Gasteiger partial charge in [-0.15, -0.1) is 5.10 Å². The minimum Gasteiger partial charge on any atom is -0.366 e. The maximum Gasteiger partial charge on any atom is 0.240 e. The molecule has 0 unspecified atom stereocenters. The van der Waals surface area contributed by atoms with Crippen molar-refractivity contribution in [1.82, 2.24) is 14.6 Å². The van der Waals surface area contributed by atoms with E-state index in [4.69, 9.17) is 17.3 Å². The third kappa shape index (κ3) is 2.02. The summed E-state index contributed by atoms with van der Waals surface area (Å²) in [6.07, 6.45) is 1.79. The Morgan fingerprint density at radius 2 is 2.05 bits per heavy atom. The summed E-state index contributed by atoms with van der Waals surface area (Å²) in [5.41, 5.74) is 8.90. The third-order valence-electron chi connectivity index (χ3n) is 2.89. The van der Waals surface area contributed by atoms with Crippen molar-refractivity contribution >= 4 is 23.2 Å². The van der Waals surface area contributed by atoms with Crippen LogP contribution in [0.4, 0.5) is 10.3 Å². The zero-order valence-corrected chi connectivity index (χ0v) is 10.8. The van der Waals surface area contributed by atoms with Gasteiger partial charge in [0, 0.05) is 11.8 Å². The number of fused-ring (bicyclic) bond motifs is 1. The van der Waals surface area contributed by atoms with E-state index < -0.39 is 5.82 Å². The lowest BCUT2D eigenvalue weighted by molar-refractivity contribution is 0.628. The fraction of sp³-hybridized carbons (Fsp3) is 0.0769. The van der Waals surface area contributed by atoms with Crippen molar-refractivity contribution in [2.75, 3.05) is 5.73 Å². The first-order valence-electron chi connectivity index (χ1n) is 5.62. The van der Waals surface area contributed by atoms with E-state index in [0.717, 1.165) is 16.7 Å². The van der Waals surface area contributed by atoms with Gasteiger partial charge in [0.25, 0.3) is 0 Å². The number of halogens is 2. The summed E-state index contributed by atoms with van der Waals surface area (Å²) in [5, 5.41) is 4.17. The van der Waals surface area contributed by atoms with E-state index in [1.165, 1.54) is 6.07 Å². The Bertz CT molecular complexity index is 782. The Hall–Kier alpha value is -2.14. The Morgan fingerprint density at radius 1 is 1.26 bits per heavy atom. The average Bonchev–Trinajstić information content (AvgIpc) is 2.74. The molecular weight excluding hydrogens is 267 g/mol. The molecule has 0 radical (unpaired) electrons. The number of benzene rings is 1. The number of nitrogens with two attached hydrogens (primary N) is 1. The summed E-state index contributed by atoms with van der Waals surface area (Å²) in [5.74, 6) is -0.217. The zero-order valence-electron chi connectivity index (χ0n) is 10.1. The molecular formula is C13H10ClFN4. The van der Waals surface area contributed by atoms with Crippen molar-refractivity contribution in [3.05, 3.63) is 46.9 Å². The molecule has 2 aromatic heterocycles. The number of nitrogens with zero attached hydrogens (tertiary/aromatic N) is 3. The Labute approximate surface area is 113 Å². The van der Waals surface area contributed by atoms with E-state index >= 15 is 0 Å². The maximum atomic E-state index is 13.2. The number of rotatable bonds is 1. The van der Waals surface area contributed by atoms with Crippen molar-refractivity contribution < 1.29 is 4.39 Å². The van der Waals surface area contributed by atoms with E-state index in [9.17, 15) is 4.39 Å². The molecule has 0 fully saturated rings. The molecule has 0 atom stereocenters. The third-order valence-corrected chi connectivity index (χ3v) is 3.18. The predicted octanol–water partition coefficient (Wildman–Crippen LogP) is 3.08. The topological polar surface area (TPSA) is 56.2 Å². The molecule has 3 rings (SSSR count). The lowest BCUT2D eigenvalue weighted by Crippen LogP contribution is -1.93. The van der Waals surface area contributed by atoms with Crippen molar-refractivity contribution in [1.29, 1.82) is 0 Å². The predicted molar refractivity (Wildman–Crippen MR) is 72.5 cm³/mol. The number of pyridine rings is 1. The van der Waals surface area contributed by atoms with Crippen LogP contribution in [0, 0.1) is 12.7 Å². The van der Waals surface area contributed by atoms with Crippen molar-refractivity contribution in [2.45, 2.75) is 6.92 Å². The quantitative estimate of drug-likeness (QED) is 0.743. The van der Waals surface area contributed by atoms with Gasteiger partial charge in [-0.1, -0.05) is 17.7 Å². The molecule has 0 aliphatic rings. The van der Waals surface area contributed by atoms with Crippen LogP contribution in [0.2, 0.25) is 5.02 Å². The van der Waals surface area contributed by atoms with Crippen LogP contribution in [-0.2, 0) is 0 Å². The fourth-order valence-corrected chi connectivity index (χ4v) is 2.18. The van der Waals surface area contributed by atoms with Crippen LogP contribution in [0.5, 0.6) is 0 Å². The van der Waals surface area contributed by atoms with E-state index in [1.54, 1.807) is 22.8 Å². The van der Waals surface area contributed by atoms with E-state index in [2.05, 4.69) is 10.1 Å². The van der Waals surface area contributed by atoms with Crippen LogP contribution in [0.1, 0.15) is 5.56 Å². The highest BCUT2D eigenvalue weighted by atomic mass is 35.5. The molecule has 0 bridgehead atoms. The van der Waals surface area contributed by atoms with Gasteiger partial charge >= 0.3 is 0 Å². The molecule has 0 saturated carbocycles. The molecule has 0 saturated heterocycles. The standard InChI is InChI=1S/C13H10ClFN4/c1-7-4-9(6-19-12(7)17-13(16)18-19)8-2-3-11(15)10(14)5-8/h2-6H,1H3,(H2,16,18). The number of anilines is 1. The van der Waals surface area contributed by atoms with Gasteiger partial charge in [-0.25, -0.2) is 8.91 Å². The molecule has 2 N–H and O–H groups in total. The van der Waals surface area contributed by atoms with Gasteiger partial charge in [-0.05, 0) is 36.2 Å². The Balaban J connectivity index is 2.21. The first-order valence-corrected chi connectivity index (χ1v) is 6.00. The maximum absolute atomic E-state index is 13.2. The minimum atomic E-state index is -0.437. The Kier molecular flexibility index (Phi) is 2.64. The second kappa shape index (κ2) is 4.20. The van der Waals surface area contributed by atoms with Gasteiger partial charge in [0.2, 0.25) is 5.95 Å². The largest absolute Gasteiger partial charge is 0.366 e. The lowest BCUT2D eigenvalue weighted by Gasteiger charge is -2.05. The minimum absolute atomic E-state index is 0.0911. The second-order valence-electron chi connectivity index (χ2n) is 4.28. The first kappa shape index (κ1) is 11.9. The van der Waals surface area contributed by atoms with Crippen LogP contribution in [0.25, 0.3) is 16.8 Å². The van der Waals surface area contributed by atoms with Crippen molar-refractivity contribution in [2.24, 2.45) is 0 Å². The molecule has 1 aromatic carbocycles. The van der Waals surface area contributed by atoms with Crippen LogP contribution < -0.4 is 5.73 Å². The smallest absolute Gasteiger partial charge is 0.240 e. The molecule has 19 heavy (non-hydrogen) atoms. The summed E-state index contributed by atoms with van der Waals surface area (Å²) in [4.78, 5) is 4.12. The van der Waals surface area contributed by atoms with Gasteiger partial charge in [-0.3, -0.25) is 0 Å². The molecule has 4 nitrogen and oxygen atoms in total. The SMILES string of the molecule is Cc1cc(-c2ccc(F)c(Cl)c2)cn2nc(N)nc12. The van der Waals surface area contributed by atoms with Crippen LogP contribution >= 0.6 is 11.6 Å². The van der Waals surface area contributed by atoms with Crippen molar-refractivity contribution in [3.8, 4) is 11.1 Å². The molecule has 0 aliphatic heterocycles. The molecule has 0 amide bonds. The van der Waals surface area contributed by atoms with E-state index in [0.29, 0.717) is 5.65 Å². The Morgan fingerprint density at radius 3 is 2.79 bits per heavy atom. The molecule has 3 aromatic rings. The lowest BCUT2D eigenvalue weighted by atomic mass is 10.1. The van der Waals surface area contributed by atoms with E-state index in [1.807, 2.05) is 13.0 Å². The van der Waals surface area contributed by atoms with Crippen LogP contribution in [0.3, 0.4) is 0 Å². The monoisotopic (exact) mass is 276 g/mol. The molecule has 96 valence electrons. The summed E-state index contributed by atoms with van der Waals surface area (Å²) >= 11 is 5.80. The average molecular weight is 277 g/mol. The number of nitrogen functional groups attached to an aromatic ring is 1. The van der Waals surface area contributed by atoms with Crippen LogP contribution in [-0.4, -0.2) is 14.6 Å². The van der Waals surface area contributed by atoms with Crippen molar-refractivity contribution in [3.63, 3.8) is 0 Å². The van der Waals surface area contributed by atoms with Crippen LogP contribution in [0.15, 0.2) is 30.5 Å². The summed E-state index contributed by atoms with van der Waals surface area (Å²) in [6, 6.07) is 6.53. The highest BCUT2D eigenvalue weighted by molar-refractivity contribution is 6.31. The molecule has 0 spiro atoms. The summed E-state index contributed by atoms with van der Waals surface area (Å²) < 4.78 is 14.8. The van der Waals surface area contributed by atoms with Gasteiger partial charge in [0.15, 0.2) is 5.65 Å². The normalized spacial score (nSPS) is 11.1. The highest BCUT2D eigenvalue weighted by Crippen LogP contribution is 2.26. The summed E-state index contributed by atoms with van der Waals surface area (Å²) in [7, 11) is 0. The fourth-order valence-electron chi connectivity index (χ4n) is 2.00. The van der Waals surface area contributed by atoms with Gasteiger partial charge < -0.3 is 5.73 Å². The molecule has 6 heteroatoms. The number of aryl methyl sites for hydroxylation is 1. The van der Waals surface area contributed by atoms with Gasteiger partial charge in [0.1, 0.15) is 5.82 Å². The number of aromatic nitrogens is 3. The highest BCUT2D eigenvalue weighted by Gasteiger charge is 2.08. The second-order valence-corrected chi connectivity index (χ2v) is 4.69. The van der Waals surface area contributed by atoms with Gasteiger partial charge in [0.05, 0.1) is 5.02 Å². The number of hydrogen-bond donors (Lipinski definition) is 1.